The van der Waals surface area contributed by atoms with E-state index in [4.69, 9.17) is 9.26 Å². The molecule has 2 heterocycles. The molecule has 1 atom stereocenters. The Labute approximate surface area is 161 Å². The van der Waals surface area contributed by atoms with Crippen LogP contribution in [0.3, 0.4) is 0 Å². The molecule has 1 N–H and O–H groups in total. The van der Waals surface area contributed by atoms with Gasteiger partial charge in [0.15, 0.2) is 0 Å². The summed E-state index contributed by atoms with van der Waals surface area (Å²) in [5.74, 6) is 0.903. The normalized spacial score (nSPS) is 16.3. The van der Waals surface area contributed by atoms with E-state index in [2.05, 4.69) is 15.5 Å². The van der Waals surface area contributed by atoms with Crippen molar-refractivity contribution in [3.63, 3.8) is 0 Å². The van der Waals surface area contributed by atoms with Crippen LogP contribution in [0.4, 0.5) is 4.79 Å². The van der Waals surface area contributed by atoms with E-state index in [1.807, 2.05) is 48.5 Å². The lowest BCUT2D eigenvalue weighted by molar-refractivity contribution is -0.128. The van der Waals surface area contributed by atoms with Crippen LogP contribution in [0.5, 0.6) is 5.75 Å². The van der Waals surface area contributed by atoms with Gasteiger partial charge in [-0.05, 0) is 17.7 Å². The van der Waals surface area contributed by atoms with Crippen molar-refractivity contribution in [2.24, 2.45) is 0 Å². The molecule has 8 heteroatoms. The lowest BCUT2D eigenvalue weighted by atomic mass is 10.1. The molecule has 3 amide bonds. The number of benzene rings is 2. The van der Waals surface area contributed by atoms with E-state index < -0.39 is 12.1 Å². The van der Waals surface area contributed by atoms with Crippen LogP contribution in [0, 0.1) is 0 Å². The summed E-state index contributed by atoms with van der Waals surface area (Å²) in [4.78, 5) is 30.2. The summed E-state index contributed by atoms with van der Waals surface area (Å²) < 4.78 is 10.4. The zero-order chi connectivity index (χ0) is 19.5. The number of amides is 3. The molecular formula is C20H18N4O4. The average molecular weight is 378 g/mol. The Morgan fingerprint density at radius 2 is 1.96 bits per heavy atom. The fourth-order valence-electron chi connectivity index (χ4n) is 3.05. The topological polar surface area (TPSA) is 97.6 Å². The molecule has 28 heavy (non-hydrogen) atoms. The van der Waals surface area contributed by atoms with Gasteiger partial charge in [-0.25, -0.2) is 4.79 Å². The van der Waals surface area contributed by atoms with E-state index in [0.29, 0.717) is 23.6 Å². The number of ether oxygens (including phenoxy) is 1. The molecule has 0 aliphatic carbocycles. The monoisotopic (exact) mass is 378 g/mol. The SMILES string of the molecule is COc1cccc(-c2noc(CN3C(=O)N[C@H](Cc4ccccc4)C3=O)n2)c1. The van der Waals surface area contributed by atoms with E-state index >= 15 is 0 Å². The lowest BCUT2D eigenvalue weighted by Crippen LogP contribution is -2.32. The number of hydrogen-bond donors (Lipinski definition) is 1. The molecule has 1 aliphatic rings. The van der Waals surface area contributed by atoms with Gasteiger partial charge < -0.3 is 14.6 Å². The van der Waals surface area contributed by atoms with Crippen molar-refractivity contribution in [1.82, 2.24) is 20.4 Å². The van der Waals surface area contributed by atoms with Gasteiger partial charge in [0, 0.05) is 12.0 Å². The van der Waals surface area contributed by atoms with Crippen molar-refractivity contribution < 1.29 is 18.8 Å². The predicted octanol–water partition coefficient (Wildman–Crippen LogP) is 2.41. The molecule has 4 rings (SSSR count). The molecular weight excluding hydrogens is 360 g/mol. The number of imide groups is 1. The maximum atomic E-state index is 12.6. The Morgan fingerprint density at radius 1 is 1.14 bits per heavy atom. The van der Waals surface area contributed by atoms with E-state index in [0.717, 1.165) is 10.5 Å². The summed E-state index contributed by atoms with van der Waals surface area (Å²) >= 11 is 0. The first-order chi connectivity index (χ1) is 13.6. The van der Waals surface area contributed by atoms with Crippen LogP contribution in [0.15, 0.2) is 59.1 Å². The summed E-state index contributed by atoms with van der Waals surface area (Å²) in [6, 6.07) is 15.7. The summed E-state index contributed by atoms with van der Waals surface area (Å²) in [5, 5.41) is 6.64. The summed E-state index contributed by atoms with van der Waals surface area (Å²) in [7, 11) is 1.57. The Balaban J connectivity index is 1.46. The van der Waals surface area contributed by atoms with Crippen molar-refractivity contribution in [3.05, 3.63) is 66.1 Å². The molecule has 0 bridgehead atoms. The van der Waals surface area contributed by atoms with Gasteiger partial charge in [-0.15, -0.1) is 0 Å². The summed E-state index contributed by atoms with van der Waals surface area (Å²) in [5.41, 5.74) is 1.69. The predicted molar refractivity (Wildman–Crippen MR) is 99.3 cm³/mol. The minimum atomic E-state index is -0.601. The molecule has 3 aromatic rings. The van der Waals surface area contributed by atoms with Gasteiger partial charge >= 0.3 is 6.03 Å². The number of urea groups is 1. The zero-order valence-electron chi connectivity index (χ0n) is 15.2. The number of nitrogens with one attached hydrogen (secondary N) is 1. The summed E-state index contributed by atoms with van der Waals surface area (Å²) in [6.45, 7) is -0.0765. The first-order valence-electron chi connectivity index (χ1n) is 8.77. The van der Waals surface area contributed by atoms with Gasteiger partial charge in [-0.3, -0.25) is 9.69 Å². The lowest BCUT2D eigenvalue weighted by Gasteiger charge is -2.10. The van der Waals surface area contributed by atoms with Gasteiger partial charge in [-0.2, -0.15) is 4.98 Å². The molecule has 0 radical (unpaired) electrons. The van der Waals surface area contributed by atoms with Crippen LogP contribution in [-0.4, -0.2) is 40.1 Å². The van der Waals surface area contributed by atoms with Crippen molar-refractivity contribution in [1.29, 1.82) is 0 Å². The molecule has 1 fully saturated rings. The minimum Gasteiger partial charge on any atom is -0.497 e. The van der Waals surface area contributed by atoms with Crippen LogP contribution in [0.25, 0.3) is 11.4 Å². The molecule has 2 aromatic carbocycles. The number of methoxy groups -OCH3 is 1. The number of nitrogens with zero attached hydrogens (tertiary/aromatic N) is 3. The van der Waals surface area contributed by atoms with E-state index in [1.165, 1.54) is 0 Å². The molecule has 8 nitrogen and oxygen atoms in total. The number of aromatic nitrogens is 2. The maximum Gasteiger partial charge on any atom is 0.325 e. The highest BCUT2D eigenvalue weighted by Crippen LogP contribution is 2.22. The van der Waals surface area contributed by atoms with Gasteiger partial charge in [0.05, 0.1) is 7.11 Å². The Kier molecular flexibility index (Phi) is 4.76. The minimum absolute atomic E-state index is 0.0765. The molecule has 1 aliphatic heterocycles. The van der Waals surface area contributed by atoms with Gasteiger partial charge in [-0.1, -0.05) is 47.6 Å². The fraction of sp³-hybridized carbons (Fsp3) is 0.200. The number of carbonyl (C=O) groups excluding carboxylic acids is 2. The highest BCUT2D eigenvalue weighted by atomic mass is 16.5. The average Bonchev–Trinajstić information content (AvgIpc) is 3.29. The first kappa shape index (κ1) is 17.7. The number of carbonyl (C=O) groups is 2. The molecule has 1 saturated heterocycles. The smallest absolute Gasteiger partial charge is 0.325 e. The van der Waals surface area contributed by atoms with Crippen LogP contribution >= 0.6 is 0 Å². The second-order valence-electron chi connectivity index (χ2n) is 6.36. The van der Waals surface area contributed by atoms with E-state index in [1.54, 1.807) is 13.2 Å². The summed E-state index contributed by atoms with van der Waals surface area (Å²) in [6.07, 6.45) is 0.431. The van der Waals surface area contributed by atoms with Crippen molar-refractivity contribution >= 4 is 11.9 Å². The van der Waals surface area contributed by atoms with Gasteiger partial charge in [0.1, 0.15) is 18.3 Å². The largest absolute Gasteiger partial charge is 0.497 e. The molecule has 142 valence electrons. The van der Waals surface area contributed by atoms with Crippen molar-refractivity contribution in [2.75, 3.05) is 7.11 Å². The van der Waals surface area contributed by atoms with Crippen molar-refractivity contribution in [3.8, 4) is 17.1 Å². The van der Waals surface area contributed by atoms with Crippen molar-refractivity contribution in [2.45, 2.75) is 19.0 Å². The zero-order valence-corrected chi connectivity index (χ0v) is 15.2. The third-order valence-corrected chi connectivity index (χ3v) is 4.48. The number of rotatable bonds is 6. The Bertz CT molecular complexity index is 1000. The molecule has 0 spiro atoms. The molecule has 0 unspecified atom stereocenters. The number of hydrogen-bond acceptors (Lipinski definition) is 6. The highest BCUT2D eigenvalue weighted by molar-refractivity contribution is 6.04. The van der Waals surface area contributed by atoms with Gasteiger partial charge in [0.2, 0.25) is 11.7 Å². The fourth-order valence-corrected chi connectivity index (χ4v) is 3.05. The molecule has 1 aromatic heterocycles. The van der Waals surface area contributed by atoms with Crippen LogP contribution in [-0.2, 0) is 17.8 Å². The van der Waals surface area contributed by atoms with E-state index in [-0.39, 0.29) is 18.3 Å². The van der Waals surface area contributed by atoms with Crippen LogP contribution < -0.4 is 10.1 Å². The molecule has 0 saturated carbocycles. The second kappa shape index (κ2) is 7.51. The van der Waals surface area contributed by atoms with Crippen LogP contribution in [0.1, 0.15) is 11.5 Å². The second-order valence-corrected chi connectivity index (χ2v) is 6.36. The standard InChI is InChI=1S/C20H18N4O4/c1-27-15-9-5-8-14(11-15)18-22-17(28-23-18)12-24-19(25)16(21-20(24)26)10-13-6-3-2-4-7-13/h2-9,11,16H,10,12H2,1H3,(H,21,26)/t16-/m1/s1. The maximum absolute atomic E-state index is 12.6. The quantitative estimate of drug-likeness (QED) is 0.662. The Morgan fingerprint density at radius 3 is 2.75 bits per heavy atom. The first-order valence-corrected chi connectivity index (χ1v) is 8.77. The Hall–Kier alpha value is -3.68. The van der Waals surface area contributed by atoms with E-state index in [9.17, 15) is 9.59 Å². The third kappa shape index (κ3) is 3.57. The van der Waals surface area contributed by atoms with Crippen LogP contribution in [0.2, 0.25) is 0 Å². The van der Waals surface area contributed by atoms with Gasteiger partial charge in [0.25, 0.3) is 5.91 Å². The third-order valence-electron chi connectivity index (χ3n) is 4.48. The highest BCUT2D eigenvalue weighted by Gasteiger charge is 2.38.